The molecule has 0 bridgehead atoms. The van der Waals surface area contributed by atoms with Gasteiger partial charge >= 0.3 is 0 Å². The Labute approximate surface area is 58.6 Å². The third-order valence-electron chi connectivity index (χ3n) is 1.71. The van der Waals surface area contributed by atoms with Gasteiger partial charge < -0.3 is 26.4 Å². The third-order valence-corrected chi connectivity index (χ3v) is 1.71. The predicted octanol–water partition coefficient (Wildman–Crippen LogP) is -2.65. The summed E-state index contributed by atoms with van der Waals surface area (Å²) in [5.74, 6) is 0. The first-order chi connectivity index (χ1) is 4.55. The topological polar surface area (TPSA) is 102 Å². The van der Waals surface area contributed by atoms with Gasteiger partial charge in [-0.15, -0.1) is 0 Å². The first-order valence-electron chi connectivity index (χ1n) is 3.06. The summed E-state index contributed by atoms with van der Waals surface area (Å²) in [5.41, 5.74) is 9.31. The molecule has 6 N–H and O–H groups in total. The number of aliphatic hydroxyl groups excluding tert-OH is 2. The zero-order valence-electron chi connectivity index (χ0n) is 5.53. The molecule has 0 spiro atoms. The Morgan fingerprint density at radius 3 is 1.90 bits per heavy atom. The van der Waals surface area contributed by atoms with Gasteiger partial charge in [-0.05, 0) is 0 Å². The largest absolute Gasteiger partial charge is 0.387 e. The van der Waals surface area contributed by atoms with Crippen molar-refractivity contribution in [2.24, 2.45) is 11.5 Å². The van der Waals surface area contributed by atoms with Crippen molar-refractivity contribution in [2.75, 3.05) is 13.2 Å². The SMILES string of the molecule is NC1(N)C(O)COCC1O. The van der Waals surface area contributed by atoms with Crippen LogP contribution in [-0.2, 0) is 4.74 Å². The molecule has 1 fully saturated rings. The monoisotopic (exact) mass is 148 g/mol. The molecule has 0 aromatic rings. The number of rotatable bonds is 0. The van der Waals surface area contributed by atoms with Crippen LogP contribution in [0.3, 0.4) is 0 Å². The van der Waals surface area contributed by atoms with Crippen molar-refractivity contribution in [1.82, 2.24) is 0 Å². The van der Waals surface area contributed by atoms with Crippen molar-refractivity contribution < 1.29 is 14.9 Å². The Hall–Kier alpha value is -0.200. The van der Waals surface area contributed by atoms with E-state index < -0.39 is 17.9 Å². The molecule has 1 heterocycles. The molecule has 0 aliphatic carbocycles. The van der Waals surface area contributed by atoms with E-state index in [9.17, 15) is 0 Å². The van der Waals surface area contributed by atoms with Crippen LogP contribution in [0.4, 0.5) is 0 Å². The maximum Gasteiger partial charge on any atom is 0.122 e. The first kappa shape index (κ1) is 7.90. The molecule has 2 unspecified atom stereocenters. The van der Waals surface area contributed by atoms with Crippen LogP contribution in [0.25, 0.3) is 0 Å². The van der Waals surface area contributed by atoms with E-state index in [-0.39, 0.29) is 13.2 Å². The third kappa shape index (κ3) is 1.14. The molecule has 60 valence electrons. The van der Waals surface area contributed by atoms with E-state index >= 15 is 0 Å². The van der Waals surface area contributed by atoms with E-state index in [4.69, 9.17) is 26.4 Å². The van der Waals surface area contributed by atoms with Gasteiger partial charge in [0, 0.05) is 0 Å². The van der Waals surface area contributed by atoms with Crippen molar-refractivity contribution in [3.63, 3.8) is 0 Å². The second-order valence-corrected chi connectivity index (χ2v) is 2.57. The van der Waals surface area contributed by atoms with E-state index in [0.29, 0.717) is 0 Å². The quantitative estimate of drug-likeness (QED) is 0.281. The molecule has 5 heteroatoms. The summed E-state index contributed by atoms with van der Waals surface area (Å²) in [6.07, 6.45) is -1.98. The Balaban J connectivity index is 2.63. The Morgan fingerprint density at radius 2 is 1.60 bits per heavy atom. The number of aliphatic hydroxyl groups is 2. The highest BCUT2D eigenvalue weighted by Gasteiger charge is 2.40. The molecule has 0 saturated carbocycles. The fourth-order valence-corrected chi connectivity index (χ4v) is 0.802. The van der Waals surface area contributed by atoms with Gasteiger partial charge in [0.05, 0.1) is 13.2 Å². The molecular weight excluding hydrogens is 136 g/mol. The molecule has 1 aliphatic rings. The second-order valence-electron chi connectivity index (χ2n) is 2.57. The van der Waals surface area contributed by atoms with Crippen LogP contribution in [0, 0.1) is 0 Å². The summed E-state index contributed by atoms with van der Waals surface area (Å²) in [5, 5.41) is 18.1. The van der Waals surface area contributed by atoms with Crippen molar-refractivity contribution in [3.05, 3.63) is 0 Å². The number of hydrogen-bond donors (Lipinski definition) is 4. The van der Waals surface area contributed by atoms with Gasteiger partial charge in [0.25, 0.3) is 0 Å². The van der Waals surface area contributed by atoms with Crippen molar-refractivity contribution in [2.45, 2.75) is 17.9 Å². The second kappa shape index (κ2) is 2.44. The normalized spacial score (nSPS) is 39.6. The minimum Gasteiger partial charge on any atom is -0.387 e. The van der Waals surface area contributed by atoms with Gasteiger partial charge in [0.2, 0.25) is 0 Å². The standard InChI is InChI=1S/C5H12N2O3/c6-5(7)3(8)1-10-2-4(5)9/h3-4,8-9H,1-2,6-7H2. The predicted molar refractivity (Wildman–Crippen MR) is 33.9 cm³/mol. The zero-order valence-corrected chi connectivity index (χ0v) is 5.53. The van der Waals surface area contributed by atoms with Crippen LogP contribution in [0.1, 0.15) is 0 Å². The van der Waals surface area contributed by atoms with Crippen LogP contribution < -0.4 is 11.5 Å². The lowest BCUT2D eigenvalue weighted by atomic mass is 9.97. The van der Waals surface area contributed by atoms with Crippen LogP contribution in [-0.4, -0.2) is 41.3 Å². The van der Waals surface area contributed by atoms with E-state index in [1.165, 1.54) is 0 Å². The average Bonchev–Trinajstić information content (AvgIpc) is 1.84. The lowest BCUT2D eigenvalue weighted by Gasteiger charge is -2.38. The molecular formula is C5H12N2O3. The van der Waals surface area contributed by atoms with Gasteiger partial charge in [0.1, 0.15) is 17.9 Å². The van der Waals surface area contributed by atoms with Gasteiger partial charge in [-0.25, -0.2) is 0 Å². The highest BCUT2D eigenvalue weighted by molar-refractivity contribution is 4.94. The molecule has 10 heavy (non-hydrogen) atoms. The summed E-state index contributed by atoms with van der Waals surface area (Å²) >= 11 is 0. The average molecular weight is 148 g/mol. The van der Waals surface area contributed by atoms with E-state index in [1.807, 2.05) is 0 Å². The summed E-state index contributed by atoms with van der Waals surface area (Å²) in [4.78, 5) is 0. The fraction of sp³-hybridized carbons (Fsp3) is 1.00. The summed E-state index contributed by atoms with van der Waals surface area (Å²) in [6.45, 7) is 0.175. The molecule has 0 amide bonds. The van der Waals surface area contributed by atoms with Crippen molar-refractivity contribution >= 4 is 0 Å². The first-order valence-corrected chi connectivity index (χ1v) is 3.06. The minimum absolute atomic E-state index is 0.0874. The molecule has 5 nitrogen and oxygen atoms in total. The van der Waals surface area contributed by atoms with Crippen LogP contribution in [0.2, 0.25) is 0 Å². The lowest BCUT2D eigenvalue weighted by molar-refractivity contribution is -0.125. The molecule has 1 saturated heterocycles. The molecule has 1 aliphatic heterocycles. The maximum atomic E-state index is 9.07. The van der Waals surface area contributed by atoms with Crippen molar-refractivity contribution in [1.29, 1.82) is 0 Å². The molecule has 0 aromatic heterocycles. The Kier molecular flexibility index (Phi) is 1.93. The van der Waals surface area contributed by atoms with Gasteiger partial charge in [-0.1, -0.05) is 0 Å². The highest BCUT2D eigenvalue weighted by atomic mass is 16.5. The molecule has 0 aromatic carbocycles. The summed E-state index contributed by atoms with van der Waals surface area (Å²) < 4.78 is 4.77. The van der Waals surface area contributed by atoms with E-state index in [1.54, 1.807) is 0 Å². The lowest BCUT2D eigenvalue weighted by Crippen LogP contribution is -2.71. The maximum absolute atomic E-state index is 9.07. The zero-order chi connectivity index (χ0) is 7.78. The van der Waals surface area contributed by atoms with Crippen LogP contribution in [0.5, 0.6) is 0 Å². The van der Waals surface area contributed by atoms with Crippen molar-refractivity contribution in [3.8, 4) is 0 Å². The summed E-state index contributed by atoms with van der Waals surface area (Å²) in [7, 11) is 0. The molecule has 1 rings (SSSR count). The fourth-order valence-electron chi connectivity index (χ4n) is 0.802. The Bertz CT molecular complexity index is 116. The molecule has 2 atom stereocenters. The van der Waals surface area contributed by atoms with E-state index in [2.05, 4.69) is 0 Å². The highest BCUT2D eigenvalue weighted by Crippen LogP contribution is 2.12. The number of nitrogens with two attached hydrogens (primary N) is 2. The van der Waals surface area contributed by atoms with Crippen LogP contribution >= 0.6 is 0 Å². The Morgan fingerprint density at radius 1 is 1.20 bits per heavy atom. The number of ether oxygens (including phenoxy) is 1. The minimum atomic E-state index is -1.42. The van der Waals surface area contributed by atoms with E-state index in [0.717, 1.165) is 0 Å². The van der Waals surface area contributed by atoms with Gasteiger partial charge in [-0.2, -0.15) is 0 Å². The smallest absolute Gasteiger partial charge is 0.122 e. The summed E-state index contributed by atoms with van der Waals surface area (Å²) in [6, 6.07) is 0. The van der Waals surface area contributed by atoms with Gasteiger partial charge in [-0.3, -0.25) is 0 Å². The van der Waals surface area contributed by atoms with Gasteiger partial charge in [0.15, 0.2) is 0 Å². The van der Waals surface area contributed by atoms with Crippen LogP contribution in [0.15, 0.2) is 0 Å². The molecule has 0 radical (unpaired) electrons. The number of hydrogen-bond acceptors (Lipinski definition) is 5.